The van der Waals surface area contributed by atoms with Crippen molar-refractivity contribution in [1.82, 2.24) is 20.3 Å². The molecule has 0 unspecified atom stereocenters. The van der Waals surface area contributed by atoms with E-state index in [1.54, 1.807) is 14.0 Å². The Morgan fingerprint density at radius 3 is 2.69 bits per heavy atom. The Morgan fingerprint density at radius 1 is 1.50 bits per heavy atom. The maximum absolute atomic E-state index is 10.9. The van der Waals surface area contributed by atoms with E-state index >= 15 is 0 Å². The highest BCUT2D eigenvalue weighted by Crippen LogP contribution is 2.05. The zero-order valence-electron chi connectivity index (χ0n) is 9.23. The molecule has 0 aliphatic heterocycles. The molecule has 0 aliphatic rings. The van der Waals surface area contributed by atoms with Crippen LogP contribution >= 0.6 is 0 Å². The molecule has 16 heavy (non-hydrogen) atoms. The summed E-state index contributed by atoms with van der Waals surface area (Å²) in [6.45, 7) is 2.13. The quantitative estimate of drug-likeness (QED) is 0.725. The first-order chi connectivity index (χ1) is 7.56. The van der Waals surface area contributed by atoms with E-state index in [9.17, 15) is 9.59 Å². The van der Waals surface area contributed by atoms with Crippen LogP contribution in [0.1, 0.15) is 29.0 Å². The number of carboxylic acids is 1. The fourth-order valence-electron chi connectivity index (χ4n) is 1.28. The molecule has 0 saturated carbocycles. The predicted octanol–water partition coefficient (Wildman–Crippen LogP) is -0.189. The molecule has 0 saturated heterocycles. The summed E-state index contributed by atoms with van der Waals surface area (Å²) in [7, 11) is 1.57. The number of nitrogens with one attached hydrogen (secondary N) is 1. The largest absolute Gasteiger partial charge is 0.476 e. The maximum Gasteiger partial charge on any atom is 0.358 e. The summed E-state index contributed by atoms with van der Waals surface area (Å²) in [5.74, 6) is -1.13. The normalized spacial score (nSPS) is 10.1. The van der Waals surface area contributed by atoms with E-state index in [0.29, 0.717) is 25.1 Å². The average Bonchev–Trinajstić information content (AvgIpc) is 2.60. The fourth-order valence-corrected chi connectivity index (χ4v) is 1.28. The van der Waals surface area contributed by atoms with Crippen molar-refractivity contribution < 1.29 is 14.7 Å². The van der Waals surface area contributed by atoms with Crippen molar-refractivity contribution in [3.63, 3.8) is 0 Å². The Kier molecular flexibility index (Phi) is 3.98. The van der Waals surface area contributed by atoms with Gasteiger partial charge in [-0.05, 0) is 13.3 Å². The number of carbonyl (C=O) groups is 2. The Balaban J connectivity index is 2.55. The van der Waals surface area contributed by atoms with Crippen LogP contribution in [0.25, 0.3) is 0 Å². The lowest BCUT2D eigenvalue weighted by molar-refractivity contribution is -0.120. The molecule has 1 aromatic heterocycles. The molecule has 1 aromatic rings. The molecule has 1 amide bonds. The van der Waals surface area contributed by atoms with E-state index in [1.807, 2.05) is 0 Å². The summed E-state index contributed by atoms with van der Waals surface area (Å²) in [5.41, 5.74) is 0.462. The van der Waals surface area contributed by atoms with E-state index in [-0.39, 0.29) is 11.6 Å². The van der Waals surface area contributed by atoms with Gasteiger partial charge in [0.15, 0.2) is 5.69 Å². The minimum absolute atomic E-state index is 0.0417. The van der Waals surface area contributed by atoms with Crippen LogP contribution in [0.4, 0.5) is 0 Å². The first kappa shape index (κ1) is 12.2. The molecule has 0 fully saturated rings. The second kappa shape index (κ2) is 5.24. The molecule has 0 atom stereocenters. The van der Waals surface area contributed by atoms with Crippen molar-refractivity contribution in [2.45, 2.75) is 26.3 Å². The standard InChI is InChI=1S/C9H14N4O3/c1-6-8(9(15)16)11-12-13(6)5-3-4-7(14)10-2/h3-5H2,1-2H3,(H,10,14)(H,15,16). The van der Waals surface area contributed by atoms with E-state index in [0.717, 1.165) is 0 Å². The van der Waals surface area contributed by atoms with Gasteiger partial charge in [0.05, 0.1) is 5.69 Å². The minimum Gasteiger partial charge on any atom is -0.476 e. The summed E-state index contributed by atoms with van der Waals surface area (Å²) >= 11 is 0. The number of hydrogen-bond acceptors (Lipinski definition) is 4. The van der Waals surface area contributed by atoms with Gasteiger partial charge in [0, 0.05) is 20.0 Å². The van der Waals surface area contributed by atoms with Gasteiger partial charge in [-0.1, -0.05) is 5.21 Å². The Bertz CT molecular complexity index is 399. The highest BCUT2D eigenvalue weighted by atomic mass is 16.4. The van der Waals surface area contributed by atoms with E-state index < -0.39 is 5.97 Å². The van der Waals surface area contributed by atoms with Gasteiger partial charge in [-0.3, -0.25) is 4.79 Å². The van der Waals surface area contributed by atoms with Crippen molar-refractivity contribution in [2.75, 3.05) is 7.05 Å². The molecule has 7 heteroatoms. The molecule has 0 bridgehead atoms. The number of nitrogens with zero attached hydrogens (tertiary/aromatic N) is 3. The molecule has 1 rings (SSSR count). The van der Waals surface area contributed by atoms with Crippen LogP contribution in [0.2, 0.25) is 0 Å². The Labute approximate surface area is 92.4 Å². The number of hydrogen-bond donors (Lipinski definition) is 2. The van der Waals surface area contributed by atoms with Crippen molar-refractivity contribution in [1.29, 1.82) is 0 Å². The summed E-state index contributed by atoms with van der Waals surface area (Å²) < 4.78 is 1.49. The third-order valence-electron chi connectivity index (χ3n) is 2.24. The lowest BCUT2D eigenvalue weighted by Crippen LogP contribution is -2.18. The van der Waals surface area contributed by atoms with Crippen LogP contribution in [-0.2, 0) is 11.3 Å². The van der Waals surface area contributed by atoms with Gasteiger partial charge >= 0.3 is 5.97 Å². The van der Waals surface area contributed by atoms with Crippen LogP contribution < -0.4 is 5.32 Å². The van der Waals surface area contributed by atoms with Crippen molar-refractivity contribution >= 4 is 11.9 Å². The lowest BCUT2D eigenvalue weighted by Gasteiger charge is -2.02. The van der Waals surface area contributed by atoms with Crippen LogP contribution in [0.5, 0.6) is 0 Å². The highest BCUT2D eigenvalue weighted by molar-refractivity contribution is 5.86. The van der Waals surface area contributed by atoms with Crippen molar-refractivity contribution in [3.8, 4) is 0 Å². The maximum atomic E-state index is 10.9. The molecular formula is C9H14N4O3. The molecule has 0 radical (unpaired) electrons. The van der Waals surface area contributed by atoms with E-state index in [2.05, 4.69) is 15.6 Å². The molecule has 0 spiro atoms. The second-order valence-electron chi connectivity index (χ2n) is 3.33. The fraction of sp³-hybridized carbons (Fsp3) is 0.556. The third-order valence-corrected chi connectivity index (χ3v) is 2.24. The van der Waals surface area contributed by atoms with Crippen molar-refractivity contribution in [2.24, 2.45) is 0 Å². The molecule has 2 N–H and O–H groups in total. The van der Waals surface area contributed by atoms with Gasteiger partial charge in [0.25, 0.3) is 0 Å². The molecular weight excluding hydrogens is 212 g/mol. The summed E-state index contributed by atoms with van der Waals surface area (Å²) in [4.78, 5) is 21.6. The second-order valence-corrected chi connectivity index (χ2v) is 3.33. The molecule has 7 nitrogen and oxygen atoms in total. The zero-order chi connectivity index (χ0) is 12.1. The zero-order valence-corrected chi connectivity index (χ0v) is 9.23. The molecule has 88 valence electrons. The Hall–Kier alpha value is -1.92. The number of carboxylic acid groups (broad SMARTS) is 1. The van der Waals surface area contributed by atoms with Crippen LogP contribution in [0.3, 0.4) is 0 Å². The first-order valence-electron chi connectivity index (χ1n) is 4.90. The van der Waals surface area contributed by atoms with Crippen LogP contribution in [0, 0.1) is 6.92 Å². The van der Waals surface area contributed by atoms with Crippen LogP contribution in [0.15, 0.2) is 0 Å². The third kappa shape index (κ3) is 2.78. The van der Waals surface area contributed by atoms with Gasteiger partial charge in [0.2, 0.25) is 5.91 Å². The predicted molar refractivity (Wildman–Crippen MR) is 55.0 cm³/mol. The van der Waals surface area contributed by atoms with Gasteiger partial charge in [-0.25, -0.2) is 9.48 Å². The van der Waals surface area contributed by atoms with E-state index in [1.165, 1.54) is 4.68 Å². The summed E-state index contributed by atoms with van der Waals surface area (Å²) in [5, 5.41) is 18.5. The monoisotopic (exact) mass is 226 g/mol. The summed E-state index contributed by atoms with van der Waals surface area (Å²) in [6.07, 6.45) is 0.987. The van der Waals surface area contributed by atoms with Crippen LogP contribution in [-0.4, -0.2) is 39.0 Å². The van der Waals surface area contributed by atoms with Crippen molar-refractivity contribution in [3.05, 3.63) is 11.4 Å². The number of aromatic carboxylic acids is 1. The number of aromatic nitrogens is 3. The molecule has 0 aromatic carbocycles. The molecule has 1 heterocycles. The number of rotatable bonds is 5. The lowest BCUT2D eigenvalue weighted by atomic mass is 10.3. The summed E-state index contributed by atoms with van der Waals surface area (Å²) in [6, 6.07) is 0. The van der Waals surface area contributed by atoms with Gasteiger partial charge in [0.1, 0.15) is 0 Å². The van der Waals surface area contributed by atoms with Gasteiger partial charge in [-0.15, -0.1) is 5.10 Å². The SMILES string of the molecule is CNC(=O)CCCn1nnc(C(=O)O)c1C. The number of amides is 1. The topological polar surface area (TPSA) is 97.1 Å². The number of carbonyl (C=O) groups excluding carboxylic acids is 1. The highest BCUT2D eigenvalue weighted by Gasteiger charge is 2.14. The van der Waals surface area contributed by atoms with E-state index in [4.69, 9.17) is 5.11 Å². The smallest absolute Gasteiger partial charge is 0.358 e. The first-order valence-corrected chi connectivity index (χ1v) is 4.90. The average molecular weight is 226 g/mol. The van der Waals surface area contributed by atoms with Gasteiger partial charge in [-0.2, -0.15) is 0 Å². The van der Waals surface area contributed by atoms with Gasteiger partial charge < -0.3 is 10.4 Å². The Morgan fingerprint density at radius 2 is 2.19 bits per heavy atom. The molecule has 0 aliphatic carbocycles. The number of aryl methyl sites for hydroxylation is 1. The minimum atomic E-state index is -1.09.